The van der Waals surface area contributed by atoms with Crippen LogP contribution in [0.4, 0.5) is 4.79 Å². The Hall–Kier alpha value is -2.92. The van der Waals surface area contributed by atoms with Gasteiger partial charge in [-0.15, -0.1) is 11.3 Å². The lowest BCUT2D eigenvalue weighted by Gasteiger charge is -2.40. The molecule has 2 bridgehead atoms. The summed E-state index contributed by atoms with van der Waals surface area (Å²) in [5.41, 5.74) is 5.97. The Bertz CT molecular complexity index is 1630. The molecule has 2 aromatic heterocycles. The molecular weight excluding hydrogens is 623 g/mol. The van der Waals surface area contributed by atoms with Gasteiger partial charge in [-0.25, -0.2) is 4.79 Å². The molecule has 4 atom stereocenters. The number of likely N-dealkylation sites (tertiary alicyclic amines) is 1. The van der Waals surface area contributed by atoms with E-state index < -0.39 is 0 Å². The fourth-order valence-electron chi connectivity index (χ4n) is 8.97. The number of aromatic amines is 1. The average Bonchev–Trinajstić information content (AvgIpc) is 3.82. The highest BCUT2D eigenvalue weighted by molar-refractivity contribution is 7.18. The number of carbonyl (C=O) groups is 2. The van der Waals surface area contributed by atoms with Crippen molar-refractivity contribution in [3.05, 3.63) is 45.8 Å². The molecule has 1 saturated carbocycles. The molecule has 3 amide bonds. The van der Waals surface area contributed by atoms with Crippen LogP contribution in [0.1, 0.15) is 73.6 Å². The quantitative estimate of drug-likeness (QED) is 0.280. The van der Waals surface area contributed by atoms with Crippen molar-refractivity contribution < 1.29 is 19.1 Å². The molecule has 9 nitrogen and oxygen atoms in total. The van der Waals surface area contributed by atoms with Crippen LogP contribution in [0.15, 0.2) is 24.3 Å². The molecule has 4 unspecified atom stereocenters. The molecule has 1 aromatic carbocycles. The zero-order valence-electron chi connectivity index (χ0n) is 29.6. The van der Waals surface area contributed by atoms with E-state index in [1.165, 1.54) is 37.3 Å². The number of rotatable bonds is 9. The number of nitrogens with zero attached hydrogens (tertiary/aromatic N) is 3. The third kappa shape index (κ3) is 6.41. The van der Waals surface area contributed by atoms with Gasteiger partial charge in [0.25, 0.3) is 0 Å². The minimum absolute atomic E-state index is 0.0516. The molecule has 2 N–H and O–H groups in total. The molecule has 3 saturated heterocycles. The summed E-state index contributed by atoms with van der Waals surface area (Å²) in [6.07, 6.45) is 5.08. The van der Waals surface area contributed by atoms with E-state index in [0.717, 1.165) is 83.6 Å². The number of hydrogen-bond acceptors (Lipinski definition) is 6. The molecule has 48 heavy (non-hydrogen) atoms. The number of thiophene rings is 1. The summed E-state index contributed by atoms with van der Waals surface area (Å²) in [7, 11) is 3.59. The number of ether oxygens (including phenoxy) is 2. The molecule has 10 heteroatoms. The summed E-state index contributed by atoms with van der Waals surface area (Å²) in [4.78, 5) is 38.7. The maximum atomic E-state index is 13.3. The number of amides is 3. The van der Waals surface area contributed by atoms with Crippen LogP contribution < -0.4 is 5.32 Å². The fraction of sp³-hybridized carbons (Fsp3) is 0.632. The minimum Gasteiger partial charge on any atom is -0.381 e. The van der Waals surface area contributed by atoms with Crippen molar-refractivity contribution in [3.63, 3.8) is 0 Å². The van der Waals surface area contributed by atoms with Gasteiger partial charge < -0.3 is 29.6 Å². The Morgan fingerprint density at radius 3 is 2.25 bits per heavy atom. The van der Waals surface area contributed by atoms with E-state index in [2.05, 4.69) is 67.2 Å². The number of aromatic nitrogens is 1. The number of fused-ring (bicyclic) bond motifs is 3. The van der Waals surface area contributed by atoms with Gasteiger partial charge in [0.15, 0.2) is 0 Å². The first-order valence-corrected chi connectivity index (χ1v) is 18.7. The summed E-state index contributed by atoms with van der Waals surface area (Å²) in [5, 5.41) is 4.48. The lowest BCUT2D eigenvalue weighted by molar-refractivity contribution is -0.124. The third-order valence-corrected chi connectivity index (χ3v) is 13.1. The summed E-state index contributed by atoms with van der Waals surface area (Å²) in [6, 6.07) is 9.65. The fourth-order valence-corrected chi connectivity index (χ4v) is 10.2. The average molecular weight is 676 g/mol. The van der Waals surface area contributed by atoms with Crippen LogP contribution >= 0.6 is 11.3 Å². The zero-order valence-corrected chi connectivity index (χ0v) is 30.4. The predicted molar refractivity (Wildman–Crippen MR) is 192 cm³/mol. The number of urea groups is 1. The smallest absolute Gasteiger partial charge is 0.320 e. The van der Waals surface area contributed by atoms with Gasteiger partial charge in [-0.05, 0) is 81.0 Å². The van der Waals surface area contributed by atoms with E-state index in [9.17, 15) is 9.59 Å². The predicted octanol–water partition coefficient (Wildman–Crippen LogP) is 6.24. The summed E-state index contributed by atoms with van der Waals surface area (Å²) in [5.74, 6) is 0.834. The highest BCUT2D eigenvalue weighted by atomic mass is 32.1. The number of methoxy groups -OCH3 is 2. The van der Waals surface area contributed by atoms with Gasteiger partial charge >= 0.3 is 6.03 Å². The van der Waals surface area contributed by atoms with Crippen LogP contribution in [0, 0.1) is 25.7 Å². The Morgan fingerprint density at radius 2 is 1.65 bits per heavy atom. The summed E-state index contributed by atoms with van der Waals surface area (Å²) in [6.45, 7) is 14.4. The number of benzene rings is 1. The topological polar surface area (TPSA) is 90.1 Å². The van der Waals surface area contributed by atoms with Crippen molar-refractivity contribution in [2.75, 3.05) is 60.0 Å². The van der Waals surface area contributed by atoms with Gasteiger partial charge in [0.2, 0.25) is 5.91 Å². The third-order valence-electron chi connectivity index (χ3n) is 11.7. The molecule has 0 radical (unpaired) electrons. The maximum Gasteiger partial charge on any atom is 0.320 e. The van der Waals surface area contributed by atoms with Gasteiger partial charge in [0.1, 0.15) is 4.83 Å². The van der Waals surface area contributed by atoms with Crippen molar-refractivity contribution in [3.8, 4) is 11.3 Å². The molecule has 3 aliphatic heterocycles. The SMILES string of the molecule is COC1CCN(C(=O)N2CCN(CC(OC)c3c(-c4cc(C)cc(C)c4)[nH]c4sc(C(C)(C)CC5C6CCC5C(=O)N6)cc34)CC2)CC1. The number of carbonyl (C=O) groups excluding carboxylic acids is 2. The number of hydrogen-bond donors (Lipinski definition) is 2. The number of piperazine rings is 1. The van der Waals surface area contributed by atoms with Crippen molar-refractivity contribution >= 4 is 33.5 Å². The molecular formula is C38H53N5O4S. The van der Waals surface area contributed by atoms with Gasteiger partial charge in [0.05, 0.1) is 17.9 Å². The van der Waals surface area contributed by atoms with E-state index in [0.29, 0.717) is 12.0 Å². The minimum atomic E-state index is -0.136. The van der Waals surface area contributed by atoms with Crippen LogP contribution in [0.25, 0.3) is 21.5 Å². The molecule has 1 aliphatic carbocycles. The van der Waals surface area contributed by atoms with Gasteiger partial charge in [-0.3, -0.25) is 9.69 Å². The summed E-state index contributed by atoms with van der Waals surface area (Å²) < 4.78 is 11.9. The Kier molecular flexibility index (Phi) is 9.39. The van der Waals surface area contributed by atoms with Gasteiger partial charge in [0, 0.05) is 87.8 Å². The molecule has 0 spiro atoms. The van der Waals surface area contributed by atoms with Crippen molar-refractivity contribution in [1.29, 1.82) is 0 Å². The number of H-pyrrole nitrogens is 1. The monoisotopic (exact) mass is 675 g/mol. The molecule has 260 valence electrons. The summed E-state index contributed by atoms with van der Waals surface area (Å²) >= 11 is 1.86. The van der Waals surface area contributed by atoms with E-state index in [1.54, 1.807) is 7.11 Å². The zero-order chi connectivity index (χ0) is 33.7. The highest BCUT2D eigenvalue weighted by Crippen LogP contribution is 2.48. The standard InChI is InChI=1S/C38H53N5O4S/c1-23-17-24(2)19-25(18-23)34-33(28-20-32(48-36(28)40-34)38(3,4)21-29-27-7-8-30(29)39-35(27)44)31(47-6)22-41-13-15-43(16-14-41)37(45)42-11-9-26(46-5)10-12-42/h17-20,26-27,29-31,40H,7-16,21-22H2,1-6H3,(H,39,44). The van der Waals surface area contributed by atoms with Crippen LogP contribution in [-0.2, 0) is 19.7 Å². The first-order valence-electron chi connectivity index (χ1n) is 17.9. The second-order valence-electron chi connectivity index (χ2n) is 15.4. The van der Waals surface area contributed by atoms with E-state index >= 15 is 0 Å². The van der Waals surface area contributed by atoms with Crippen molar-refractivity contribution in [2.24, 2.45) is 11.8 Å². The van der Waals surface area contributed by atoms with Gasteiger partial charge in [-0.1, -0.05) is 31.0 Å². The molecule has 4 fully saturated rings. The largest absolute Gasteiger partial charge is 0.381 e. The van der Waals surface area contributed by atoms with E-state index in [1.807, 2.05) is 28.2 Å². The first kappa shape index (κ1) is 33.6. The lowest BCUT2D eigenvalue weighted by atomic mass is 9.78. The Balaban J connectivity index is 1.12. The molecule has 4 aliphatic rings. The second kappa shape index (κ2) is 13.4. The highest BCUT2D eigenvalue weighted by Gasteiger charge is 2.49. The normalized spacial score (nSPS) is 24.5. The van der Waals surface area contributed by atoms with Crippen molar-refractivity contribution in [1.82, 2.24) is 25.0 Å². The first-order chi connectivity index (χ1) is 23.0. The maximum absolute atomic E-state index is 13.3. The van der Waals surface area contributed by atoms with E-state index in [-0.39, 0.29) is 35.5 Å². The number of nitrogens with one attached hydrogen (secondary N) is 2. The number of piperidine rings is 2. The molecule has 7 rings (SSSR count). The molecule has 3 aromatic rings. The van der Waals surface area contributed by atoms with Crippen LogP contribution in [-0.4, -0.2) is 104 Å². The van der Waals surface area contributed by atoms with Crippen LogP contribution in [0.3, 0.4) is 0 Å². The van der Waals surface area contributed by atoms with Crippen molar-refractivity contribution in [2.45, 2.75) is 83.5 Å². The lowest BCUT2D eigenvalue weighted by Crippen LogP contribution is -2.54. The second-order valence-corrected chi connectivity index (χ2v) is 16.5. The van der Waals surface area contributed by atoms with Gasteiger partial charge in [-0.2, -0.15) is 0 Å². The molecule has 5 heterocycles. The number of aryl methyl sites for hydroxylation is 2. The van der Waals surface area contributed by atoms with E-state index in [4.69, 9.17) is 9.47 Å². The van der Waals surface area contributed by atoms with Crippen LogP contribution in [0.2, 0.25) is 0 Å². The van der Waals surface area contributed by atoms with Crippen LogP contribution in [0.5, 0.6) is 0 Å². The Morgan fingerprint density at radius 1 is 0.958 bits per heavy atom. The Labute approximate surface area is 289 Å².